The van der Waals surface area contributed by atoms with Gasteiger partial charge in [0.2, 0.25) is 0 Å². The van der Waals surface area contributed by atoms with Gasteiger partial charge in [-0.15, -0.1) is 0 Å². The number of ether oxygens (including phenoxy) is 1. The van der Waals surface area contributed by atoms with Gasteiger partial charge in [-0.2, -0.15) is 5.10 Å². The molecule has 1 aromatic heterocycles. The Morgan fingerprint density at radius 1 is 0.848 bits per heavy atom. The molecule has 0 aliphatic heterocycles. The van der Waals surface area contributed by atoms with Gasteiger partial charge in [-0.1, -0.05) is 66.2 Å². The maximum atomic E-state index is 12.1. The van der Waals surface area contributed by atoms with Gasteiger partial charge in [-0.25, -0.2) is 4.68 Å². The minimum Gasteiger partial charge on any atom is -0.484 e. The van der Waals surface area contributed by atoms with Crippen molar-refractivity contribution >= 4 is 17.5 Å². The van der Waals surface area contributed by atoms with E-state index in [-0.39, 0.29) is 31.2 Å². The zero-order valence-electron chi connectivity index (χ0n) is 17.8. The molecule has 0 fully saturated rings. The van der Waals surface area contributed by atoms with Crippen LogP contribution in [0.2, 0.25) is 5.02 Å². The first-order valence-electron chi connectivity index (χ1n) is 10.5. The topological polar surface area (TPSA) is 73.2 Å². The molecule has 0 spiro atoms. The number of benzene rings is 3. The van der Waals surface area contributed by atoms with Crippen LogP contribution in [0.4, 0.5) is 0 Å². The summed E-state index contributed by atoms with van der Waals surface area (Å²) in [5, 5.41) is 7.75. The molecule has 0 saturated carbocycles. The number of rotatable bonds is 8. The third-order valence-electron chi connectivity index (χ3n) is 4.98. The zero-order chi connectivity index (χ0) is 23.0. The van der Waals surface area contributed by atoms with E-state index in [0.29, 0.717) is 16.5 Å². The van der Waals surface area contributed by atoms with Crippen LogP contribution in [0.15, 0.2) is 95.8 Å². The summed E-state index contributed by atoms with van der Waals surface area (Å²) in [6.45, 7) is 0.391. The van der Waals surface area contributed by atoms with E-state index in [4.69, 9.17) is 16.3 Å². The molecule has 4 aromatic rings. The van der Waals surface area contributed by atoms with E-state index < -0.39 is 0 Å². The van der Waals surface area contributed by atoms with Crippen molar-refractivity contribution in [1.82, 2.24) is 15.1 Å². The molecular formula is C26H22ClN3O3. The molecule has 7 heteroatoms. The van der Waals surface area contributed by atoms with Crippen molar-refractivity contribution in [1.29, 1.82) is 0 Å². The Hall–Kier alpha value is -3.90. The summed E-state index contributed by atoms with van der Waals surface area (Å²) in [6, 6.07) is 27.9. The Kier molecular flexibility index (Phi) is 7.17. The van der Waals surface area contributed by atoms with Crippen molar-refractivity contribution in [2.75, 3.05) is 13.2 Å². The van der Waals surface area contributed by atoms with Gasteiger partial charge >= 0.3 is 0 Å². The quantitative estimate of drug-likeness (QED) is 0.423. The normalized spacial score (nSPS) is 10.6. The second-order valence-electron chi connectivity index (χ2n) is 7.32. The summed E-state index contributed by atoms with van der Waals surface area (Å²) in [4.78, 5) is 24.3. The predicted octanol–water partition coefficient (Wildman–Crippen LogP) is 4.43. The van der Waals surface area contributed by atoms with E-state index in [1.807, 2.05) is 66.7 Å². The van der Waals surface area contributed by atoms with Crippen molar-refractivity contribution in [2.45, 2.75) is 6.54 Å². The summed E-state index contributed by atoms with van der Waals surface area (Å²) in [5.74, 6) is 0.336. The van der Waals surface area contributed by atoms with Gasteiger partial charge in [-0.05, 0) is 41.5 Å². The Bertz CT molecular complexity index is 1270. The highest BCUT2D eigenvalue weighted by Gasteiger charge is 2.06. The van der Waals surface area contributed by atoms with Crippen molar-refractivity contribution in [3.05, 3.63) is 106 Å². The van der Waals surface area contributed by atoms with Crippen molar-refractivity contribution in [3.8, 4) is 28.1 Å². The molecule has 1 N–H and O–H groups in total. The summed E-state index contributed by atoms with van der Waals surface area (Å²) in [7, 11) is 0. The second kappa shape index (κ2) is 10.6. The largest absolute Gasteiger partial charge is 0.484 e. The molecule has 0 radical (unpaired) electrons. The highest BCUT2D eigenvalue weighted by molar-refractivity contribution is 6.30. The first-order valence-corrected chi connectivity index (χ1v) is 10.9. The molecule has 0 bridgehead atoms. The number of nitrogens with one attached hydrogen (secondary N) is 1. The van der Waals surface area contributed by atoms with Gasteiger partial charge in [-0.3, -0.25) is 9.59 Å². The van der Waals surface area contributed by atoms with Gasteiger partial charge in [0.25, 0.3) is 11.5 Å². The summed E-state index contributed by atoms with van der Waals surface area (Å²) >= 11 is 5.92. The number of hydrogen-bond acceptors (Lipinski definition) is 4. The van der Waals surface area contributed by atoms with Crippen LogP contribution < -0.4 is 15.6 Å². The average molecular weight is 460 g/mol. The summed E-state index contributed by atoms with van der Waals surface area (Å²) in [5.41, 5.74) is 3.46. The molecule has 0 aliphatic rings. The van der Waals surface area contributed by atoms with E-state index in [2.05, 4.69) is 10.4 Å². The maximum absolute atomic E-state index is 12.1. The van der Waals surface area contributed by atoms with Crippen LogP contribution in [0.5, 0.6) is 5.75 Å². The fourth-order valence-electron chi connectivity index (χ4n) is 3.26. The minimum absolute atomic E-state index is 0.113. The number of amides is 1. The third-order valence-corrected chi connectivity index (χ3v) is 5.24. The smallest absolute Gasteiger partial charge is 0.266 e. The van der Waals surface area contributed by atoms with Crippen LogP contribution in [-0.4, -0.2) is 28.8 Å². The third kappa shape index (κ3) is 6.08. The molecule has 0 saturated heterocycles. The lowest BCUT2D eigenvalue weighted by Gasteiger charge is -2.10. The lowest BCUT2D eigenvalue weighted by atomic mass is 10.1. The molecule has 1 heterocycles. The van der Waals surface area contributed by atoms with Crippen LogP contribution >= 0.6 is 11.6 Å². The molecular weight excluding hydrogens is 438 g/mol. The molecule has 0 aliphatic carbocycles. The second-order valence-corrected chi connectivity index (χ2v) is 7.75. The van der Waals surface area contributed by atoms with Crippen molar-refractivity contribution in [3.63, 3.8) is 0 Å². The van der Waals surface area contributed by atoms with Crippen molar-refractivity contribution in [2.24, 2.45) is 0 Å². The molecule has 6 nitrogen and oxygen atoms in total. The fraction of sp³-hybridized carbons (Fsp3) is 0.115. The Morgan fingerprint density at radius 2 is 1.52 bits per heavy atom. The number of carbonyl (C=O) groups is 1. The molecule has 33 heavy (non-hydrogen) atoms. The monoisotopic (exact) mass is 459 g/mol. The van der Waals surface area contributed by atoms with E-state index in [9.17, 15) is 9.59 Å². The van der Waals surface area contributed by atoms with Crippen LogP contribution in [-0.2, 0) is 11.3 Å². The van der Waals surface area contributed by atoms with Crippen LogP contribution in [0.3, 0.4) is 0 Å². The van der Waals surface area contributed by atoms with Gasteiger partial charge in [0.15, 0.2) is 6.61 Å². The molecule has 1 amide bonds. The van der Waals surface area contributed by atoms with E-state index in [0.717, 1.165) is 16.7 Å². The van der Waals surface area contributed by atoms with Gasteiger partial charge < -0.3 is 10.1 Å². The number of aromatic nitrogens is 2. The van der Waals surface area contributed by atoms with Gasteiger partial charge in [0, 0.05) is 23.2 Å². The van der Waals surface area contributed by atoms with Crippen LogP contribution in [0.25, 0.3) is 22.4 Å². The lowest BCUT2D eigenvalue weighted by molar-refractivity contribution is -0.123. The van der Waals surface area contributed by atoms with Crippen molar-refractivity contribution < 1.29 is 9.53 Å². The highest BCUT2D eigenvalue weighted by atomic mass is 35.5. The summed E-state index contributed by atoms with van der Waals surface area (Å²) < 4.78 is 6.89. The number of hydrogen-bond donors (Lipinski definition) is 1. The van der Waals surface area contributed by atoms with Crippen LogP contribution in [0, 0.1) is 0 Å². The first-order chi connectivity index (χ1) is 16.1. The van der Waals surface area contributed by atoms with E-state index >= 15 is 0 Å². The Morgan fingerprint density at radius 3 is 2.24 bits per heavy atom. The Labute approximate surface area is 196 Å². The summed E-state index contributed by atoms with van der Waals surface area (Å²) in [6.07, 6.45) is 0. The molecule has 4 rings (SSSR count). The number of nitrogens with zero attached hydrogens (tertiary/aromatic N) is 2. The highest BCUT2D eigenvalue weighted by Crippen LogP contribution is 2.22. The molecule has 0 atom stereocenters. The number of carbonyl (C=O) groups excluding carboxylic acids is 1. The predicted molar refractivity (Wildman–Crippen MR) is 129 cm³/mol. The lowest BCUT2D eigenvalue weighted by Crippen LogP contribution is -2.34. The molecule has 166 valence electrons. The van der Waals surface area contributed by atoms with E-state index in [1.165, 1.54) is 10.7 Å². The fourth-order valence-corrected chi connectivity index (χ4v) is 3.39. The van der Waals surface area contributed by atoms with Crippen LogP contribution in [0.1, 0.15) is 0 Å². The maximum Gasteiger partial charge on any atom is 0.266 e. The molecule has 3 aromatic carbocycles. The first kappa shape index (κ1) is 22.3. The Balaban J connectivity index is 1.27. The zero-order valence-corrected chi connectivity index (χ0v) is 18.5. The SMILES string of the molecule is O=C(COc1ccc(-c2ccccc2)cc1)NCCn1nc(-c2ccc(Cl)cc2)ccc1=O. The van der Waals surface area contributed by atoms with E-state index in [1.54, 1.807) is 18.2 Å². The standard InChI is InChI=1S/C26H22ClN3O3/c27-22-10-6-21(7-11-22)24-14-15-26(32)30(29-24)17-16-28-25(31)18-33-23-12-8-20(9-13-23)19-4-2-1-3-5-19/h1-15H,16-18H2,(H,28,31). The number of halogens is 1. The molecule has 0 unspecified atom stereocenters. The minimum atomic E-state index is -0.274. The van der Waals surface area contributed by atoms with Gasteiger partial charge in [0.05, 0.1) is 12.2 Å². The van der Waals surface area contributed by atoms with Gasteiger partial charge in [0.1, 0.15) is 5.75 Å². The average Bonchev–Trinajstić information content (AvgIpc) is 2.85.